The van der Waals surface area contributed by atoms with Crippen molar-refractivity contribution >= 4 is 22.8 Å². The molecule has 0 aromatic heterocycles. The smallest absolute Gasteiger partial charge is 0.0848 e. The van der Waals surface area contributed by atoms with Gasteiger partial charge in [0.05, 0.1) is 22.8 Å². The van der Waals surface area contributed by atoms with Gasteiger partial charge in [0.2, 0.25) is 0 Å². The van der Waals surface area contributed by atoms with Gasteiger partial charge in [-0.25, -0.2) is 4.99 Å². The van der Waals surface area contributed by atoms with E-state index in [1.807, 2.05) is 0 Å². The molecule has 0 bridgehead atoms. The van der Waals surface area contributed by atoms with E-state index in [2.05, 4.69) is 90.1 Å². The second kappa shape index (κ2) is 28.1. The number of rotatable bonds is 26. The Morgan fingerprint density at radius 1 is 0.468 bits per heavy atom. The summed E-state index contributed by atoms with van der Waals surface area (Å²) in [5.41, 5.74) is 9.19. The number of allylic oxidation sites excluding steroid dienone is 2. The predicted molar refractivity (Wildman–Crippen MR) is 208 cm³/mol. The molecule has 0 spiro atoms. The van der Waals surface area contributed by atoms with Gasteiger partial charge in [-0.05, 0) is 106 Å². The van der Waals surface area contributed by atoms with Gasteiger partial charge in [0.25, 0.3) is 0 Å². The zero-order valence-electron chi connectivity index (χ0n) is 31.4. The Hall–Kier alpha value is -1.82. The summed E-state index contributed by atoms with van der Waals surface area (Å²) in [6.07, 6.45) is 34.4. The van der Waals surface area contributed by atoms with Crippen LogP contribution in [0.4, 0.5) is 11.4 Å². The molecule has 0 fully saturated rings. The van der Waals surface area contributed by atoms with E-state index in [4.69, 9.17) is 9.98 Å². The van der Waals surface area contributed by atoms with Crippen molar-refractivity contribution < 1.29 is 20.4 Å². The van der Waals surface area contributed by atoms with Crippen LogP contribution in [0.3, 0.4) is 0 Å². The number of aryl methyl sites for hydroxylation is 4. The summed E-state index contributed by atoms with van der Waals surface area (Å²) in [5, 5.41) is 0. The first kappa shape index (κ1) is 43.2. The first-order valence-corrected chi connectivity index (χ1v) is 19.4. The third-order valence-corrected chi connectivity index (χ3v) is 8.99. The monoisotopic (exact) mass is 732 g/mol. The average molecular weight is 733 g/mol. The van der Waals surface area contributed by atoms with Gasteiger partial charge < -0.3 is 0 Å². The van der Waals surface area contributed by atoms with Crippen molar-refractivity contribution in [1.82, 2.24) is 0 Å². The standard InChI is InChI=1S/C44H70N2.Pd/c1-7-9-11-12-13-14-15-16-17-18-19-20-21-22-23-24-25-26-27-28-30-44(46-42-35-39(5)32-40(6)36-42)43(29-10-8-2)45-41-33-37(3)31-38(4)34-41;/h28,30-36H,7-27,29H2,1-6H3;. The Bertz CT molecular complexity index is 1130. The molecular formula is C44H70N2Pd. The van der Waals surface area contributed by atoms with E-state index in [1.54, 1.807) is 0 Å². The number of aliphatic imine (C=N–C) groups is 2. The van der Waals surface area contributed by atoms with E-state index in [-0.39, 0.29) is 20.4 Å². The van der Waals surface area contributed by atoms with Crippen molar-refractivity contribution in [3.05, 3.63) is 70.8 Å². The maximum atomic E-state index is 5.20. The second-order valence-corrected chi connectivity index (χ2v) is 14.1. The average Bonchev–Trinajstić information content (AvgIpc) is 3.00. The van der Waals surface area contributed by atoms with Crippen molar-refractivity contribution in [3.63, 3.8) is 0 Å². The van der Waals surface area contributed by atoms with Crippen LogP contribution in [0.25, 0.3) is 0 Å². The molecule has 0 amide bonds. The fraction of sp³-hybridized carbons (Fsp3) is 0.636. The third kappa shape index (κ3) is 21.7. The molecule has 2 aromatic rings. The van der Waals surface area contributed by atoms with Gasteiger partial charge in [-0.3, -0.25) is 4.99 Å². The molecule has 2 rings (SSSR count). The molecule has 0 heterocycles. The molecular weight excluding hydrogens is 663 g/mol. The predicted octanol–water partition coefficient (Wildman–Crippen LogP) is 14.9. The fourth-order valence-electron chi connectivity index (χ4n) is 6.47. The van der Waals surface area contributed by atoms with Gasteiger partial charge in [0.1, 0.15) is 0 Å². The summed E-state index contributed by atoms with van der Waals surface area (Å²) in [6, 6.07) is 13.2. The molecule has 0 aliphatic rings. The minimum Gasteiger partial charge on any atom is -0.251 e. The van der Waals surface area contributed by atoms with Gasteiger partial charge in [-0.2, -0.15) is 0 Å². The van der Waals surface area contributed by atoms with E-state index in [1.165, 1.54) is 138 Å². The quantitative estimate of drug-likeness (QED) is 0.0523. The largest absolute Gasteiger partial charge is 0.251 e. The number of nitrogens with zero attached hydrogens (tertiary/aromatic N) is 2. The number of hydrogen-bond donors (Lipinski definition) is 0. The molecule has 0 saturated carbocycles. The fourth-order valence-corrected chi connectivity index (χ4v) is 6.47. The molecule has 0 unspecified atom stereocenters. The van der Waals surface area contributed by atoms with Crippen LogP contribution < -0.4 is 0 Å². The van der Waals surface area contributed by atoms with E-state index < -0.39 is 0 Å². The molecule has 0 saturated heterocycles. The first-order chi connectivity index (χ1) is 22.4. The second-order valence-electron chi connectivity index (χ2n) is 14.1. The Balaban J connectivity index is 0.0000110. The van der Waals surface area contributed by atoms with Gasteiger partial charge in [-0.15, -0.1) is 0 Å². The summed E-state index contributed by atoms with van der Waals surface area (Å²) in [7, 11) is 0. The molecule has 0 aliphatic heterocycles. The summed E-state index contributed by atoms with van der Waals surface area (Å²) in [5.74, 6) is 0. The Labute approximate surface area is 305 Å². The molecule has 2 nitrogen and oxygen atoms in total. The normalized spacial score (nSPS) is 12.2. The van der Waals surface area contributed by atoms with E-state index in [0.29, 0.717) is 0 Å². The first-order valence-electron chi connectivity index (χ1n) is 19.4. The maximum Gasteiger partial charge on any atom is 0.0848 e. The van der Waals surface area contributed by atoms with Crippen molar-refractivity contribution in [2.75, 3.05) is 0 Å². The van der Waals surface area contributed by atoms with Crippen LogP contribution in [-0.2, 0) is 20.4 Å². The Morgan fingerprint density at radius 3 is 1.23 bits per heavy atom. The van der Waals surface area contributed by atoms with Crippen molar-refractivity contribution in [3.8, 4) is 0 Å². The minimum absolute atomic E-state index is 0. The van der Waals surface area contributed by atoms with Gasteiger partial charge in [0.15, 0.2) is 0 Å². The van der Waals surface area contributed by atoms with Gasteiger partial charge >= 0.3 is 0 Å². The molecule has 0 atom stereocenters. The number of hydrogen-bond acceptors (Lipinski definition) is 2. The number of benzene rings is 2. The molecule has 266 valence electrons. The maximum absolute atomic E-state index is 5.20. The van der Waals surface area contributed by atoms with Crippen molar-refractivity contribution in [2.45, 2.75) is 183 Å². The van der Waals surface area contributed by atoms with Crippen LogP contribution in [0.2, 0.25) is 0 Å². The van der Waals surface area contributed by atoms with Crippen molar-refractivity contribution in [2.24, 2.45) is 9.98 Å². The van der Waals surface area contributed by atoms with Crippen LogP contribution in [0.1, 0.15) is 177 Å². The van der Waals surface area contributed by atoms with Crippen LogP contribution in [-0.4, -0.2) is 11.4 Å². The molecule has 3 heteroatoms. The molecule has 0 aliphatic carbocycles. The summed E-state index contributed by atoms with van der Waals surface area (Å²) >= 11 is 0. The minimum atomic E-state index is 0. The van der Waals surface area contributed by atoms with Gasteiger partial charge in [-0.1, -0.05) is 148 Å². The summed E-state index contributed by atoms with van der Waals surface area (Å²) in [4.78, 5) is 10.4. The molecule has 47 heavy (non-hydrogen) atoms. The van der Waals surface area contributed by atoms with E-state index in [9.17, 15) is 0 Å². The third-order valence-electron chi connectivity index (χ3n) is 8.99. The van der Waals surface area contributed by atoms with Crippen LogP contribution in [0.5, 0.6) is 0 Å². The summed E-state index contributed by atoms with van der Waals surface area (Å²) in [6.45, 7) is 13.2. The van der Waals surface area contributed by atoms with Crippen LogP contribution >= 0.6 is 0 Å². The zero-order chi connectivity index (χ0) is 33.2. The number of unbranched alkanes of at least 4 members (excludes halogenated alkanes) is 19. The Kier molecular flexibility index (Phi) is 25.8. The van der Waals surface area contributed by atoms with E-state index in [0.717, 1.165) is 48.5 Å². The molecule has 0 N–H and O–H groups in total. The zero-order valence-corrected chi connectivity index (χ0v) is 32.9. The van der Waals surface area contributed by atoms with Crippen LogP contribution in [0, 0.1) is 27.7 Å². The molecule has 2 aromatic carbocycles. The van der Waals surface area contributed by atoms with Crippen LogP contribution in [0.15, 0.2) is 58.5 Å². The Morgan fingerprint density at radius 2 is 0.830 bits per heavy atom. The van der Waals surface area contributed by atoms with Crippen molar-refractivity contribution in [1.29, 1.82) is 0 Å². The van der Waals surface area contributed by atoms with Gasteiger partial charge in [0, 0.05) is 20.4 Å². The topological polar surface area (TPSA) is 24.7 Å². The SMILES string of the molecule is CCCCCCCCCCCCCCCCCCCCC=CC(=Nc1cc(C)cc(C)c1)C(CCCC)=Nc1cc(C)cc(C)c1.[Pd]. The van der Waals surface area contributed by atoms with E-state index >= 15 is 0 Å². The summed E-state index contributed by atoms with van der Waals surface area (Å²) < 4.78 is 0. The molecule has 0 radical (unpaired) electrons.